The molecule has 27 heavy (non-hydrogen) atoms. The van der Waals surface area contributed by atoms with Gasteiger partial charge in [0.25, 0.3) is 0 Å². The number of nitrogens with one attached hydrogen (secondary N) is 2. The van der Waals surface area contributed by atoms with Gasteiger partial charge in [0.2, 0.25) is 11.8 Å². The lowest BCUT2D eigenvalue weighted by atomic mass is 9.78. The van der Waals surface area contributed by atoms with E-state index in [1.54, 1.807) is 7.11 Å². The van der Waals surface area contributed by atoms with E-state index in [2.05, 4.69) is 20.5 Å². The molecule has 2 aliphatic heterocycles. The standard InChI is InChI=1S/C20H34N4O3/c1-15-16(2)27-18(23-15)13-24-10-4-17(5-11-24)12-22-19(25)20(14-26-3)6-8-21-9-7-20/h17,21H,4-14H2,1-3H3,(H,22,25). The minimum Gasteiger partial charge on any atom is -0.444 e. The molecule has 2 saturated heterocycles. The number of carbonyl (C=O) groups excluding carboxylic acids is 1. The summed E-state index contributed by atoms with van der Waals surface area (Å²) in [4.78, 5) is 19.7. The van der Waals surface area contributed by atoms with Crippen LogP contribution in [0.1, 0.15) is 43.0 Å². The number of ether oxygens (including phenoxy) is 1. The highest BCUT2D eigenvalue weighted by atomic mass is 16.5. The first kappa shape index (κ1) is 20.3. The van der Waals surface area contributed by atoms with Crippen molar-refractivity contribution < 1.29 is 13.9 Å². The monoisotopic (exact) mass is 378 g/mol. The highest BCUT2D eigenvalue weighted by Crippen LogP contribution is 2.29. The third kappa shape index (κ3) is 5.09. The fraction of sp³-hybridized carbons (Fsp3) is 0.800. The Kier molecular flexibility index (Phi) is 6.89. The quantitative estimate of drug-likeness (QED) is 0.751. The number of aromatic nitrogens is 1. The van der Waals surface area contributed by atoms with Crippen LogP contribution in [-0.2, 0) is 16.1 Å². The van der Waals surface area contributed by atoms with E-state index >= 15 is 0 Å². The maximum absolute atomic E-state index is 12.8. The van der Waals surface area contributed by atoms with Gasteiger partial charge in [-0.15, -0.1) is 0 Å². The summed E-state index contributed by atoms with van der Waals surface area (Å²) in [6, 6.07) is 0. The van der Waals surface area contributed by atoms with Crippen LogP contribution in [0.5, 0.6) is 0 Å². The summed E-state index contributed by atoms with van der Waals surface area (Å²) in [7, 11) is 1.68. The SMILES string of the molecule is COCC1(C(=O)NCC2CCN(Cc3nc(C)c(C)o3)CC2)CCNCC1. The van der Waals surface area contributed by atoms with Crippen LogP contribution in [0.3, 0.4) is 0 Å². The van der Waals surface area contributed by atoms with Crippen LogP contribution in [0, 0.1) is 25.2 Å². The first-order chi connectivity index (χ1) is 13.0. The van der Waals surface area contributed by atoms with Gasteiger partial charge in [0.05, 0.1) is 24.3 Å². The minimum absolute atomic E-state index is 0.166. The Bertz CT molecular complexity index is 592. The molecule has 0 saturated carbocycles. The van der Waals surface area contributed by atoms with Gasteiger partial charge in [0, 0.05) is 13.7 Å². The van der Waals surface area contributed by atoms with E-state index < -0.39 is 0 Å². The number of piperidine rings is 2. The zero-order valence-corrected chi connectivity index (χ0v) is 17.0. The Morgan fingerprint density at radius 3 is 2.63 bits per heavy atom. The lowest BCUT2D eigenvalue weighted by molar-refractivity contribution is -0.136. The van der Waals surface area contributed by atoms with Crippen LogP contribution in [0.25, 0.3) is 0 Å². The molecule has 0 spiro atoms. The van der Waals surface area contributed by atoms with Crippen molar-refractivity contribution in [1.29, 1.82) is 0 Å². The molecule has 0 aromatic carbocycles. The van der Waals surface area contributed by atoms with Gasteiger partial charge in [-0.3, -0.25) is 9.69 Å². The van der Waals surface area contributed by atoms with Gasteiger partial charge in [-0.05, 0) is 71.6 Å². The fourth-order valence-corrected chi connectivity index (χ4v) is 4.19. The number of likely N-dealkylation sites (tertiary alicyclic amines) is 1. The van der Waals surface area contributed by atoms with E-state index in [-0.39, 0.29) is 11.3 Å². The van der Waals surface area contributed by atoms with E-state index in [9.17, 15) is 4.79 Å². The maximum atomic E-state index is 12.8. The number of oxazole rings is 1. The number of aryl methyl sites for hydroxylation is 2. The summed E-state index contributed by atoms with van der Waals surface area (Å²) in [6.45, 7) is 9.80. The van der Waals surface area contributed by atoms with E-state index in [4.69, 9.17) is 9.15 Å². The van der Waals surface area contributed by atoms with Crippen molar-refractivity contribution in [1.82, 2.24) is 20.5 Å². The number of rotatable bonds is 7. The molecule has 3 rings (SSSR count). The van der Waals surface area contributed by atoms with Gasteiger partial charge in [-0.1, -0.05) is 0 Å². The van der Waals surface area contributed by atoms with Crippen molar-refractivity contribution >= 4 is 5.91 Å². The summed E-state index contributed by atoms with van der Waals surface area (Å²) in [6.07, 6.45) is 3.88. The molecule has 0 unspecified atom stereocenters. The van der Waals surface area contributed by atoms with Gasteiger partial charge in [0.15, 0.2) is 0 Å². The topological polar surface area (TPSA) is 79.6 Å². The van der Waals surface area contributed by atoms with Crippen LogP contribution in [0.2, 0.25) is 0 Å². The minimum atomic E-state index is -0.360. The Hall–Kier alpha value is -1.44. The second-order valence-corrected chi connectivity index (χ2v) is 8.14. The second-order valence-electron chi connectivity index (χ2n) is 8.14. The zero-order valence-electron chi connectivity index (χ0n) is 17.0. The summed E-state index contributed by atoms with van der Waals surface area (Å²) in [5.74, 6) is 2.42. The van der Waals surface area contributed by atoms with Crippen molar-refractivity contribution in [2.45, 2.75) is 46.1 Å². The molecule has 2 fully saturated rings. The van der Waals surface area contributed by atoms with E-state index in [1.807, 2.05) is 13.8 Å². The smallest absolute Gasteiger partial charge is 0.228 e. The molecule has 0 bridgehead atoms. The van der Waals surface area contributed by atoms with Gasteiger partial charge in [0.1, 0.15) is 5.76 Å². The van der Waals surface area contributed by atoms with Crippen molar-refractivity contribution in [3.8, 4) is 0 Å². The van der Waals surface area contributed by atoms with E-state index in [0.717, 1.165) is 82.3 Å². The highest BCUT2D eigenvalue weighted by Gasteiger charge is 2.39. The fourth-order valence-electron chi connectivity index (χ4n) is 4.19. The van der Waals surface area contributed by atoms with Gasteiger partial charge < -0.3 is 19.8 Å². The average Bonchev–Trinajstić information content (AvgIpc) is 2.99. The molecule has 1 aromatic rings. The molecule has 2 aliphatic rings. The van der Waals surface area contributed by atoms with Gasteiger partial charge in [-0.25, -0.2) is 4.98 Å². The van der Waals surface area contributed by atoms with Gasteiger partial charge >= 0.3 is 0 Å². The third-order valence-electron chi connectivity index (χ3n) is 6.15. The number of hydrogen-bond donors (Lipinski definition) is 2. The maximum Gasteiger partial charge on any atom is 0.228 e. The average molecular weight is 379 g/mol. The van der Waals surface area contributed by atoms with Crippen molar-refractivity contribution in [2.24, 2.45) is 11.3 Å². The lowest BCUT2D eigenvalue weighted by Gasteiger charge is -2.36. The summed E-state index contributed by atoms with van der Waals surface area (Å²) in [5, 5.41) is 6.56. The number of methoxy groups -OCH3 is 1. The van der Waals surface area contributed by atoms with Crippen LogP contribution in [-0.4, -0.2) is 62.2 Å². The van der Waals surface area contributed by atoms with Crippen molar-refractivity contribution in [3.05, 3.63) is 17.3 Å². The number of nitrogens with zero attached hydrogens (tertiary/aromatic N) is 2. The molecule has 0 aliphatic carbocycles. The number of hydrogen-bond acceptors (Lipinski definition) is 6. The highest BCUT2D eigenvalue weighted by molar-refractivity contribution is 5.83. The normalized spacial score (nSPS) is 21.3. The summed E-state index contributed by atoms with van der Waals surface area (Å²) < 4.78 is 11.1. The molecule has 0 radical (unpaired) electrons. The predicted octanol–water partition coefficient (Wildman–Crippen LogP) is 1.64. The molecule has 7 nitrogen and oxygen atoms in total. The van der Waals surface area contributed by atoms with Gasteiger partial charge in [-0.2, -0.15) is 0 Å². The van der Waals surface area contributed by atoms with Crippen LogP contribution < -0.4 is 10.6 Å². The summed E-state index contributed by atoms with van der Waals surface area (Å²) >= 11 is 0. The molecule has 3 heterocycles. The lowest BCUT2D eigenvalue weighted by Crippen LogP contribution is -2.51. The van der Waals surface area contributed by atoms with Crippen molar-refractivity contribution in [3.63, 3.8) is 0 Å². The molecular weight excluding hydrogens is 344 g/mol. The molecule has 152 valence electrons. The molecule has 1 amide bonds. The summed E-state index contributed by atoms with van der Waals surface area (Å²) in [5.41, 5.74) is 0.618. The second kappa shape index (κ2) is 9.17. The first-order valence-corrected chi connectivity index (χ1v) is 10.2. The van der Waals surface area contributed by atoms with Crippen LogP contribution >= 0.6 is 0 Å². The largest absolute Gasteiger partial charge is 0.444 e. The predicted molar refractivity (Wildman–Crippen MR) is 103 cm³/mol. The van der Waals surface area contributed by atoms with E-state index in [1.165, 1.54) is 0 Å². The first-order valence-electron chi connectivity index (χ1n) is 10.2. The molecule has 2 N–H and O–H groups in total. The van der Waals surface area contributed by atoms with Crippen LogP contribution in [0.15, 0.2) is 4.42 Å². The molecule has 7 heteroatoms. The van der Waals surface area contributed by atoms with Crippen LogP contribution in [0.4, 0.5) is 0 Å². The van der Waals surface area contributed by atoms with Crippen molar-refractivity contribution in [2.75, 3.05) is 46.4 Å². The Balaban J connectivity index is 1.42. The van der Waals surface area contributed by atoms with E-state index in [0.29, 0.717) is 12.5 Å². The number of carbonyl (C=O) groups is 1. The molecule has 0 atom stereocenters. The Labute approximate surface area is 162 Å². The molecular formula is C20H34N4O3. The Morgan fingerprint density at radius 1 is 1.33 bits per heavy atom. The Morgan fingerprint density at radius 2 is 2.04 bits per heavy atom. The molecule has 1 aromatic heterocycles. The number of amides is 1. The third-order valence-corrected chi connectivity index (χ3v) is 6.15. The zero-order chi connectivity index (χ0) is 19.3.